The molecule has 6 nitrogen and oxygen atoms in total. The lowest BCUT2D eigenvalue weighted by molar-refractivity contribution is -0.132. The predicted molar refractivity (Wildman–Crippen MR) is 95.0 cm³/mol. The zero-order valence-electron chi connectivity index (χ0n) is 14.6. The van der Waals surface area contributed by atoms with Gasteiger partial charge in [-0.05, 0) is 32.1 Å². The Morgan fingerprint density at radius 1 is 1.25 bits per heavy atom. The lowest BCUT2D eigenvalue weighted by Gasteiger charge is -2.17. The maximum absolute atomic E-state index is 12.6. The summed E-state index contributed by atoms with van der Waals surface area (Å²) in [7, 11) is 3.42. The molecular formula is C18H22N2O4. The van der Waals surface area contributed by atoms with E-state index in [1.165, 1.54) is 11.5 Å². The average Bonchev–Trinajstić information content (AvgIpc) is 2.53. The van der Waals surface area contributed by atoms with Gasteiger partial charge in [0.05, 0.1) is 10.9 Å². The van der Waals surface area contributed by atoms with Crippen LogP contribution in [0.5, 0.6) is 11.5 Å². The number of pyridine rings is 1. The Labute approximate surface area is 140 Å². The normalized spacial score (nSPS) is 10.4. The lowest BCUT2D eigenvalue weighted by atomic mass is 10.1. The molecule has 0 saturated carbocycles. The number of fused-ring (bicyclic) bond motifs is 1. The Kier molecular flexibility index (Phi) is 5.28. The van der Waals surface area contributed by atoms with E-state index in [-0.39, 0.29) is 18.1 Å². The summed E-state index contributed by atoms with van der Waals surface area (Å²) in [5.74, 6) is -0.395. The van der Waals surface area contributed by atoms with Gasteiger partial charge in [-0.1, -0.05) is 11.6 Å². The van der Waals surface area contributed by atoms with Crippen LogP contribution in [0, 0.1) is 0 Å². The molecule has 0 aliphatic heterocycles. The van der Waals surface area contributed by atoms with Crippen molar-refractivity contribution in [3.05, 3.63) is 40.2 Å². The second-order valence-electron chi connectivity index (χ2n) is 5.66. The largest absolute Gasteiger partial charge is 0.485 e. The summed E-state index contributed by atoms with van der Waals surface area (Å²) < 4.78 is 12.5. The smallest absolute Gasteiger partial charge is 0.308 e. The third-order valence-electron chi connectivity index (χ3n) is 3.57. The van der Waals surface area contributed by atoms with Crippen molar-refractivity contribution in [3.8, 4) is 11.5 Å². The van der Waals surface area contributed by atoms with Gasteiger partial charge in [-0.3, -0.25) is 9.59 Å². The molecule has 1 aromatic heterocycles. The third-order valence-corrected chi connectivity index (χ3v) is 3.57. The molecule has 0 saturated heterocycles. The van der Waals surface area contributed by atoms with Crippen molar-refractivity contribution < 1.29 is 14.3 Å². The Morgan fingerprint density at radius 3 is 2.54 bits per heavy atom. The van der Waals surface area contributed by atoms with Crippen LogP contribution in [-0.4, -0.2) is 24.2 Å². The zero-order valence-corrected chi connectivity index (χ0v) is 14.6. The SMILES string of the molecule is CNc1cccc2c1c(OCC=C(C)C)c(OC(C)=O)c(=O)n2C. The average molecular weight is 330 g/mol. The molecule has 1 aromatic carbocycles. The monoisotopic (exact) mass is 330 g/mol. The highest BCUT2D eigenvalue weighted by Crippen LogP contribution is 2.37. The molecule has 0 aliphatic rings. The van der Waals surface area contributed by atoms with Crippen LogP contribution in [0.25, 0.3) is 10.9 Å². The van der Waals surface area contributed by atoms with Crippen molar-refractivity contribution in [1.29, 1.82) is 0 Å². The van der Waals surface area contributed by atoms with Gasteiger partial charge in [0.15, 0.2) is 5.75 Å². The standard InChI is InChI=1S/C18H22N2O4/c1-11(2)9-10-23-16-15-13(19-4)7-6-8-14(15)20(5)18(22)17(16)24-12(3)21/h6-9,19H,10H2,1-5H3. The number of carbonyl (C=O) groups is 1. The fourth-order valence-corrected chi connectivity index (χ4v) is 2.40. The van der Waals surface area contributed by atoms with Gasteiger partial charge >= 0.3 is 5.97 Å². The van der Waals surface area contributed by atoms with Gasteiger partial charge in [0.25, 0.3) is 5.56 Å². The van der Waals surface area contributed by atoms with Crippen LogP contribution in [0.3, 0.4) is 0 Å². The molecule has 128 valence electrons. The van der Waals surface area contributed by atoms with Gasteiger partial charge in [0.1, 0.15) is 6.61 Å². The molecule has 24 heavy (non-hydrogen) atoms. The van der Waals surface area contributed by atoms with Crippen LogP contribution in [0.4, 0.5) is 5.69 Å². The van der Waals surface area contributed by atoms with Crippen molar-refractivity contribution in [3.63, 3.8) is 0 Å². The molecule has 0 amide bonds. The van der Waals surface area contributed by atoms with Gasteiger partial charge in [-0.2, -0.15) is 0 Å². The van der Waals surface area contributed by atoms with E-state index in [0.717, 1.165) is 11.3 Å². The van der Waals surface area contributed by atoms with Crippen LogP contribution in [0.15, 0.2) is 34.6 Å². The van der Waals surface area contributed by atoms with E-state index in [9.17, 15) is 9.59 Å². The van der Waals surface area contributed by atoms with E-state index in [0.29, 0.717) is 10.9 Å². The summed E-state index contributed by atoms with van der Waals surface area (Å²) in [6.45, 7) is 5.44. The van der Waals surface area contributed by atoms with Crippen molar-refractivity contribution in [1.82, 2.24) is 4.57 Å². The maximum atomic E-state index is 12.6. The number of nitrogens with zero attached hydrogens (tertiary/aromatic N) is 1. The van der Waals surface area contributed by atoms with E-state index in [4.69, 9.17) is 9.47 Å². The number of allylic oxidation sites excluding steroid dienone is 1. The summed E-state index contributed by atoms with van der Waals surface area (Å²) in [5.41, 5.74) is 2.14. The molecule has 0 radical (unpaired) electrons. The van der Waals surface area contributed by atoms with E-state index in [1.54, 1.807) is 14.1 Å². The van der Waals surface area contributed by atoms with Crippen molar-refractivity contribution >= 4 is 22.6 Å². The summed E-state index contributed by atoms with van der Waals surface area (Å²) in [6.07, 6.45) is 1.89. The topological polar surface area (TPSA) is 69.6 Å². The van der Waals surface area contributed by atoms with Crippen molar-refractivity contribution in [2.45, 2.75) is 20.8 Å². The molecule has 0 unspecified atom stereocenters. The lowest BCUT2D eigenvalue weighted by Crippen LogP contribution is -2.23. The van der Waals surface area contributed by atoms with Crippen LogP contribution in [0.2, 0.25) is 0 Å². The molecule has 6 heteroatoms. The summed E-state index contributed by atoms with van der Waals surface area (Å²) in [6, 6.07) is 5.54. The molecular weight excluding hydrogens is 308 g/mol. The first-order valence-corrected chi connectivity index (χ1v) is 7.64. The molecule has 2 aromatic rings. The van der Waals surface area contributed by atoms with Crippen molar-refractivity contribution in [2.75, 3.05) is 19.0 Å². The van der Waals surface area contributed by atoms with Gasteiger partial charge in [-0.15, -0.1) is 0 Å². The van der Waals surface area contributed by atoms with E-state index >= 15 is 0 Å². The van der Waals surface area contributed by atoms with E-state index in [2.05, 4.69) is 5.32 Å². The summed E-state index contributed by atoms with van der Waals surface area (Å²) >= 11 is 0. The highest BCUT2D eigenvalue weighted by molar-refractivity contribution is 5.98. The zero-order chi connectivity index (χ0) is 17.9. The fraction of sp³-hybridized carbons (Fsp3) is 0.333. The van der Waals surface area contributed by atoms with Crippen LogP contribution in [-0.2, 0) is 11.8 Å². The minimum absolute atomic E-state index is 0.0950. The van der Waals surface area contributed by atoms with Gasteiger partial charge in [-0.25, -0.2) is 0 Å². The fourth-order valence-electron chi connectivity index (χ4n) is 2.40. The van der Waals surface area contributed by atoms with Crippen LogP contribution < -0.4 is 20.3 Å². The first-order valence-electron chi connectivity index (χ1n) is 7.64. The maximum Gasteiger partial charge on any atom is 0.308 e. The molecule has 1 N–H and O–H groups in total. The number of hydrogen-bond acceptors (Lipinski definition) is 5. The number of benzene rings is 1. The van der Waals surface area contributed by atoms with Crippen LogP contribution >= 0.6 is 0 Å². The van der Waals surface area contributed by atoms with Crippen LogP contribution in [0.1, 0.15) is 20.8 Å². The minimum atomic E-state index is -0.569. The molecule has 0 bridgehead atoms. The molecule has 0 aliphatic carbocycles. The molecule has 2 rings (SSSR count). The number of nitrogens with one attached hydrogen (secondary N) is 1. The summed E-state index contributed by atoms with van der Waals surface area (Å²) in [5, 5.41) is 3.78. The number of aromatic nitrogens is 1. The number of anilines is 1. The highest BCUT2D eigenvalue weighted by atomic mass is 16.6. The first-order chi connectivity index (χ1) is 11.4. The van der Waals surface area contributed by atoms with Gasteiger partial charge in [0.2, 0.25) is 5.75 Å². The number of ether oxygens (including phenoxy) is 2. The Hall–Kier alpha value is -2.76. The Balaban J connectivity index is 2.80. The number of hydrogen-bond donors (Lipinski definition) is 1. The van der Waals surface area contributed by atoms with Gasteiger partial charge in [0, 0.05) is 26.7 Å². The Morgan fingerprint density at radius 2 is 1.96 bits per heavy atom. The second-order valence-corrected chi connectivity index (χ2v) is 5.66. The van der Waals surface area contributed by atoms with E-state index < -0.39 is 11.5 Å². The Bertz CT molecular complexity index is 861. The molecule has 0 spiro atoms. The number of esters is 1. The second kappa shape index (κ2) is 7.21. The number of rotatable bonds is 5. The minimum Gasteiger partial charge on any atom is -0.485 e. The van der Waals surface area contributed by atoms with E-state index in [1.807, 2.05) is 38.1 Å². The number of carbonyl (C=O) groups excluding carboxylic acids is 1. The summed E-state index contributed by atoms with van der Waals surface area (Å²) in [4.78, 5) is 24.1. The van der Waals surface area contributed by atoms with Gasteiger partial charge < -0.3 is 19.4 Å². The molecule has 1 heterocycles. The predicted octanol–water partition coefficient (Wildman–Crippen LogP) is 2.85. The highest BCUT2D eigenvalue weighted by Gasteiger charge is 2.21. The molecule has 0 atom stereocenters. The number of aryl methyl sites for hydroxylation is 1. The quantitative estimate of drug-likeness (QED) is 0.674. The molecule has 0 fully saturated rings. The third kappa shape index (κ3) is 3.42. The first kappa shape index (κ1) is 17.6. The van der Waals surface area contributed by atoms with Crippen molar-refractivity contribution in [2.24, 2.45) is 7.05 Å².